The second-order valence-corrected chi connectivity index (χ2v) is 6.96. The number of hydrogen-bond acceptors (Lipinski definition) is 5. The van der Waals surface area contributed by atoms with Crippen molar-refractivity contribution in [2.24, 2.45) is 5.73 Å². The molecular weight excluding hydrogens is 364 g/mol. The Hall–Kier alpha value is -3.91. The van der Waals surface area contributed by atoms with Crippen LogP contribution in [0.3, 0.4) is 0 Å². The van der Waals surface area contributed by atoms with Crippen LogP contribution in [0.4, 0.5) is 0 Å². The molecule has 3 aromatic carbocycles. The first-order valence-electron chi connectivity index (χ1n) is 9.24. The first-order valence-corrected chi connectivity index (χ1v) is 9.24. The normalized spacial score (nSPS) is 15.2. The average Bonchev–Trinajstić information content (AvgIpc) is 2.72. The van der Waals surface area contributed by atoms with Crippen LogP contribution in [0.15, 0.2) is 78.2 Å². The van der Waals surface area contributed by atoms with Crippen LogP contribution in [0.5, 0.6) is 17.2 Å². The SMILES string of the molecule is Cc1ccc(COc2ccccc2[C@H]2C(C#N)=C(N)Oc3cc(O)ccc32)cc1. The number of para-hydroxylation sites is 1. The number of nitriles is 1. The summed E-state index contributed by atoms with van der Waals surface area (Å²) in [7, 11) is 0. The molecule has 0 spiro atoms. The van der Waals surface area contributed by atoms with Crippen LogP contribution in [-0.4, -0.2) is 5.11 Å². The Labute approximate surface area is 169 Å². The van der Waals surface area contributed by atoms with Crippen molar-refractivity contribution in [3.8, 4) is 23.3 Å². The molecule has 0 bridgehead atoms. The highest BCUT2D eigenvalue weighted by molar-refractivity contribution is 5.59. The fourth-order valence-electron chi connectivity index (χ4n) is 3.46. The van der Waals surface area contributed by atoms with E-state index in [0.29, 0.717) is 23.7 Å². The minimum atomic E-state index is -0.446. The van der Waals surface area contributed by atoms with Crippen LogP contribution in [0.25, 0.3) is 0 Å². The third kappa shape index (κ3) is 3.61. The summed E-state index contributed by atoms with van der Waals surface area (Å²) in [5.74, 6) is 0.751. The maximum atomic E-state index is 9.81. The molecule has 4 rings (SSSR count). The zero-order valence-corrected chi connectivity index (χ0v) is 15.9. The smallest absolute Gasteiger partial charge is 0.205 e. The standard InChI is InChI=1S/C24H20N2O3/c1-15-6-8-16(9-7-15)14-28-21-5-3-2-4-18(21)23-19-11-10-17(27)12-22(19)29-24(26)20(23)13-25/h2-12,23,27H,14,26H2,1H3/t23-/m1/s1. The number of nitrogens with zero attached hydrogens (tertiary/aromatic N) is 1. The summed E-state index contributed by atoms with van der Waals surface area (Å²) < 4.78 is 11.7. The number of fused-ring (bicyclic) bond motifs is 1. The number of aryl methyl sites for hydroxylation is 1. The van der Waals surface area contributed by atoms with Gasteiger partial charge < -0.3 is 20.3 Å². The summed E-state index contributed by atoms with van der Waals surface area (Å²) in [4.78, 5) is 0. The summed E-state index contributed by atoms with van der Waals surface area (Å²) in [6.45, 7) is 2.45. The number of benzene rings is 3. The van der Waals surface area contributed by atoms with Crippen LogP contribution < -0.4 is 15.2 Å². The molecule has 0 aromatic heterocycles. The molecule has 1 atom stereocenters. The fourth-order valence-corrected chi connectivity index (χ4v) is 3.46. The molecule has 5 nitrogen and oxygen atoms in total. The zero-order valence-electron chi connectivity index (χ0n) is 15.9. The van der Waals surface area contributed by atoms with Crippen LogP contribution >= 0.6 is 0 Å². The summed E-state index contributed by atoms with van der Waals surface area (Å²) in [6.07, 6.45) is 0. The van der Waals surface area contributed by atoms with Crippen molar-refractivity contribution in [3.05, 3.63) is 100 Å². The Morgan fingerprint density at radius 3 is 2.59 bits per heavy atom. The van der Waals surface area contributed by atoms with Crippen LogP contribution in [0.1, 0.15) is 28.2 Å². The van der Waals surface area contributed by atoms with Gasteiger partial charge >= 0.3 is 0 Å². The van der Waals surface area contributed by atoms with E-state index in [0.717, 1.165) is 16.7 Å². The van der Waals surface area contributed by atoms with E-state index in [1.54, 1.807) is 12.1 Å². The number of phenols is 1. The molecule has 1 heterocycles. The first kappa shape index (κ1) is 18.5. The van der Waals surface area contributed by atoms with Crippen LogP contribution in [0, 0.1) is 18.3 Å². The molecule has 1 aliphatic rings. The van der Waals surface area contributed by atoms with E-state index in [1.165, 1.54) is 11.6 Å². The highest BCUT2D eigenvalue weighted by Gasteiger charge is 2.32. The Kier molecular flexibility index (Phi) is 4.84. The van der Waals surface area contributed by atoms with Crippen molar-refractivity contribution in [1.29, 1.82) is 5.26 Å². The van der Waals surface area contributed by atoms with Crippen LogP contribution in [-0.2, 0) is 6.61 Å². The van der Waals surface area contributed by atoms with E-state index in [4.69, 9.17) is 15.2 Å². The highest BCUT2D eigenvalue weighted by atomic mass is 16.5. The van der Waals surface area contributed by atoms with Gasteiger partial charge in [-0.15, -0.1) is 0 Å². The van der Waals surface area contributed by atoms with Crippen molar-refractivity contribution >= 4 is 0 Å². The molecule has 0 fully saturated rings. The molecule has 5 heteroatoms. The van der Waals surface area contributed by atoms with E-state index < -0.39 is 5.92 Å². The van der Waals surface area contributed by atoms with Crippen molar-refractivity contribution in [3.63, 3.8) is 0 Å². The van der Waals surface area contributed by atoms with Crippen molar-refractivity contribution < 1.29 is 14.6 Å². The van der Waals surface area contributed by atoms with Gasteiger partial charge in [0.25, 0.3) is 0 Å². The minimum Gasteiger partial charge on any atom is -0.508 e. The molecular formula is C24H20N2O3. The molecule has 144 valence electrons. The van der Waals surface area contributed by atoms with E-state index in [1.807, 2.05) is 55.5 Å². The van der Waals surface area contributed by atoms with Gasteiger partial charge in [-0.05, 0) is 24.6 Å². The van der Waals surface area contributed by atoms with Crippen LogP contribution in [0.2, 0.25) is 0 Å². The van der Waals surface area contributed by atoms with Gasteiger partial charge in [-0.25, -0.2) is 0 Å². The Morgan fingerprint density at radius 1 is 1.07 bits per heavy atom. The highest BCUT2D eigenvalue weighted by Crippen LogP contribution is 2.45. The number of phenolic OH excluding ortho intramolecular Hbond substituents is 1. The molecule has 1 aliphatic heterocycles. The molecule has 3 aromatic rings. The second-order valence-electron chi connectivity index (χ2n) is 6.96. The Morgan fingerprint density at radius 2 is 1.83 bits per heavy atom. The fraction of sp³-hybridized carbons (Fsp3) is 0.125. The molecule has 29 heavy (non-hydrogen) atoms. The van der Waals surface area contributed by atoms with Gasteiger partial charge in [0.1, 0.15) is 35.5 Å². The van der Waals surface area contributed by atoms with Crippen molar-refractivity contribution in [2.45, 2.75) is 19.4 Å². The first-order chi connectivity index (χ1) is 14.1. The van der Waals surface area contributed by atoms with E-state index in [-0.39, 0.29) is 11.6 Å². The number of hydrogen-bond donors (Lipinski definition) is 2. The molecule has 0 amide bonds. The maximum absolute atomic E-state index is 9.81. The molecule has 3 N–H and O–H groups in total. The predicted octanol–water partition coefficient (Wildman–Crippen LogP) is 4.50. The molecule has 0 radical (unpaired) electrons. The Balaban J connectivity index is 1.74. The third-order valence-electron chi connectivity index (χ3n) is 4.95. The topological polar surface area (TPSA) is 88.5 Å². The predicted molar refractivity (Wildman–Crippen MR) is 109 cm³/mol. The molecule has 0 saturated heterocycles. The summed E-state index contributed by atoms with van der Waals surface area (Å²) in [5, 5.41) is 19.6. The lowest BCUT2D eigenvalue weighted by Crippen LogP contribution is -2.21. The molecule has 0 unspecified atom stereocenters. The summed E-state index contributed by atoms with van der Waals surface area (Å²) in [5.41, 5.74) is 10.1. The van der Waals surface area contributed by atoms with Gasteiger partial charge in [0.2, 0.25) is 5.88 Å². The van der Waals surface area contributed by atoms with Gasteiger partial charge in [-0.2, -0.15) is 5.26 Å². The number of aromatic hydroxyl groups is 1. The monoisotopic (exact) mass is 384 g/mol. The molecule has 0 aliphatic carbocycles. The Bertz CT molecular complexity index is 1130. The van der Waals surface area contributed by atoms with Gasteiger partial charge in [0.05, 0.1) is 5.92 Å². The number of allylic oxidation sites excluding steroid dienone is 1. The maximum Gasteiger partial charge on any atom is 0.205 e. The summed E-state index contributed by atoms with van der Waals surface area (Å²) >= 11 is 0. The van der Waals surface area contributed by atoms with Crippen molar-refractivity contribution in [2.75, 3.05) is 0 Å². The van der Waals surface area contributed by atoms with Crippen molar-refractivity contribution in [1.82, 2.24) is 0 Å². The lowest BCUT2D eigenvalue weighted by atomic mass is 9.83. The van der Waals surface area contributed by atoms with Gasteiger partial charge in [-0.3, -0.25) is 0 Å². The average molecular weight is 384 g/mol. The second kappa shape index (κ2) is 7.61. The quantitative estimate of drug-likeness (QED) is 0.691. The van der Waals surface area contributed by atoms with E-state index in [9.17, 15) is 10.4 Å². The zero-order chi connectivity index (χ0) is 20.4. The van der Waals surface area contributed by atoms with E-state index in [2.05, 4.69) is 6.07 Å². The number of rotatable bonds is 4. The van der Waals surface area contributed by atoms with Gasteiger partial charge in [-0.1, -0.05) is 54.1 Å². The number of ether oxygens (including phenoxy) is 2. The largest absolute Gasteiger partial charge is 0.508 e. The molecule has 0 saturated carbocycles. The number of nitrogens with two attached hydrogens (primary N) is 1. The summed E-state index contributed by atoms with van der Waals surface area (Å²) in [6, 6.07) is 22.7. The third-order valence-corrected chi connectivity index (χ3v) is 4.95. The van der Waals surface area contributed by atoms with E-state index >= 15 is 0 Å². The lowest BCUT2D eigenvalue weighted by molar-refractivity contribution is 0.301. The lowest BCUT2D eigenvalue weighted by Gasteiger charge is -2.27. The van der Waals surface area contributed by atoms with Gasteiger partial charge in [0, 0.05) is 17.2 Å². The minimum absolute atomic E-state index is 0.0314. The van der Waals surface area contributed by atoms with Gasteiger partial charge in [0.15, 0.2) is 0 Å².